The Labute approximate surface area is 473 Å². The van der Waals surface area contributed by atoms with Crippen LogP contribution in [0.25, 0.3) is 0 Å². The number of nitrogens with one attached hydrogen (secondary N) is 1. The molecule has 0 radical (unpaired) electrons. The van der Waals surface area contributed by atoms with Crippen LogP contribution in [0.4, 0.5) is 0 Å². The molecular weight excluding hydrogens is 1060 g/mol. The first-order valence-corrected chi connectivity index (χ1v) is 28.0. The molecule has 5 heterocycles. The van der Waals surface area contributed by atoms with E-state index in [-0.39, 0.29) is 57.9 Å². The van der Waals surface area contributed by atoms with E-state index in [0.717, 1.165) is 0 Å². The quantitative estimate of drug-likeness (QED) is 0.127. The van der Waals surface area contributed by atoms with Crippen LogP contribution in [0.2, 0.25) is 0 Å². The van der Waals surface area contributed by atoms with E-state index >= 15 is 0 Å². The van der Waals surface area contributed by atoms with Crippen molar-refractivity contribution < 1.29 is 110 Å². The molecule has 0 saturated carbocycles. The van der Waals surface area contributed by atoms with Crippen LogP contribution < -0.4 is 5.32 Å². The summed E-state index contributed by atoms with van der Waals surface area (Å²) >= 11 is 0. The molecule has 0 aromatic rings. The Balaban J connectivity index is 1.42. The SMILES string of the molecule is CC1[C@H](C)OC(=O)C[C@H](O)C[C@H](O)CC[C@H](O)[C@H](O)C[C@H](O)C[C@]2(O)C[C@H](O)C(C(=O)N3CCOCC3)C(C[C@@H](O[C@@H]3O[C@H](C)[C@@H](O)[C@H](NC[C@@]4(O)OC[C@@H](O)[C@@H](O)[C@@H]4O)[C@@H]3O)/C=C/C=C/C=C/C=C/C=C/C=C/C=C\[C@H](C)[C@H]1O)O2. The Kier molecular flexibility index (Phi) is 27.4. The fourth-order valence-electron chi connectivity index (χ4n) is 10.5. The van der Waals surface area contributed by atoms with Gasteiger partial charge in [-0.15, -0.1) is 0 Å². The molecule has 5 aliphatic rings. The molecule has 4 saturated heterocycles. The number of allylic oxidation sites excluding steroid dienone is 12. The number of hydrogen-bond acceptors (Lipinski definition) is 23. The number of ether oxygens (including phenoxy) is 6. The number of hydrogen-bond donors (Lipinski definition) is 15. The number of rotatable bonds is 6. The molecule has 4 fully saturated rings. The van der Waals surface area contributed by atoms with Crippen molar-refractivity contribution in [1.82, 2.24) is 10.2 Å². The van der Waals surface area contributed by atoms with Crippen LogP contribution in [0.5, 0.6) is 0 Å². The molecule has 0 aliphatic carbocycles. The van der Waals surface area contributed by atoms with Crippen LogP contribution in [0, 0.1) is 17.8 Å². The van der Waals surface area contributed by atoms with E-state index in [2.05, 4.69) is 5.32 Å². The molecule has 0 aromatic heterocycles. The predicted molar refractivity (Wildman–Crippen MR) is 289 cm³/mol. The zero-order valence-corrected chi connectivity index (χ0v) is 46.6. The summed E-state index contributed by atoms with van der Waals surface area (Å²) in [6.45, 7) is 6.27. The number of aliphatic hydroxyl groups is 14. The average molecular weight is 1160 g/mol. The molecule has 24 heteroatoms. The van der Waals surface area contributed by atoms with Crippen LogP contribution in [-0.4, -0.2) is 249 Å². The van der Waals surface area contributed by atoms with Crippen molar-refractivity contribution >= 4 is 11.9 Å². The van der Waals surface area contributed by atoms with Gasteiger partial charge in [0.2, 0.25) is 11.7 Å². The number of fused-ring (bicyclic) bond motifs is 2. The smallest absolute Gasteiger partial charge is 0.308 e. The monoisotopic (exact) mass is 1150 g/mol. The maximum Gasteiger partial charge on any atom is 0.308 e. The van der Waals surface area contributed by atoms with Crippen molar-refractivity contribution in [3.05, 3.63) is 85.1 Å². The van der Waals surface area contributed by atoms with Crippen molar-refractivity contribution in [2.75, 3.05) is 39.5 Å². The topological polar surface area (TPSA) is 388 Å². The lowest BCUT2D eigenvalue weighted by atomic mass is 9.81. The van der Waals surface area contributed by atoms with Gasteiger partial charge in [0, 0.05) is 50.6 Å². The van der Waals surface area contributed by atoms with Gasteiger partial charge in [-0.3, -0.25) is 9.59 Å². The summed E-state index contributed by atoms with van der Waals surface area (Å²) in [5.74, 6) is -8.22. The molecule has 24 nitrogen and oxygen atoms in total. The Morgan fingerprint density at radius 1 is 0.654 bits per heavy atom. The van der Waals surface area contributed by atoms with Gasteiger partial charge in [0.05, 0.1) is 112 Å². The Morgan fingerprint density at radius 2 is 1.26 bits per heavy atom. The number of amides is 1. The zero-order chi connectivity index (χ0) is 59.6. The molecular formula is C57H90N2O22. The second-order valence-electron chi connectivity index (χ2n) is 22.2. The third-order valence-electron chi connectivity index (χ3n) is 15.6. The van der Waals surface area contributed by atoms with E-state index in [1.54, 1.807) is 86.8 Å². The lowest BCUT2D eigenvalue weighted by Gasteiger charge is -2.47. The lowest BCUT2D eigenvalue weighted by molar-refractivity contribution is -0.323. The minimum Gasteiger partial charge on any atom is -0.462 e. The van der Waals surface area contributed by atoms with Crippen molar-refractivity contribution in [2.24, 2.45) is 17.8 Å². The number of morpholine rings is 1. The van der Waals surface area contributed by atoms with Gasteiger partial charge in [-0.2, -0.15) is 0 Å². The summed E-state index contributed by atoms with van der Waals surface area (Å²) in [6.07, 6.45) is -2.91. The van der Waals surface area contributed by atoms with Crippen LogP contribution in [0.3, 0.4) is 0 Å². The number of carbonyl (C=O) groups excluding carboxylic acids is 2. The van der Waals surface area contributed by atoms with E-state index in [1.165, 1.54) is 17.9 Å². The van der Waals surface area contributed by atoms with Gasteiger partial charge in [-0.25, -0.2) is 0 Å². The second-order valence-corrected chi connectivity index (χ2v) is 22.2. The van der Waals surface area contributed by atoms with Crippen molar-refractivity contribution in [3.8, 4) is 0 Å². The van der Waals surface area contributed by atoms with Crippen LogP contribution in [-0.2, 0) is 38.0 Å². The third-order valence-corrected chi connectivity index (χ3v) is 15.6. The average Bonchev–Trinajstić information content (AvgIpc) is 3.52. The standard InChI is InChI=1S/C57H90N2O22/c1-33-17-15-13-11-9-7-5-6-8-10-12-14-16-18-40(80-55-52(71)48(50(69)36(4)79-55)58-32-57(75)53(72)51(70)44(66)31-77-57)28-45-47(54(73)59-21-23-76-24-22-59)43(65)30-56(74,81-45)29-39(62)26-42(64)41(63)20-19-37(60)25-38(61)27-46(67)78-35(3)34(2)49(33)68/h5-18,33-45,47-53,55,58,60-66,68-72,74-75H,19-32H2,1-4H3/b6-5+,9-7+,10-8+,13-11+,14-12+,17-15-,18-16+/t33-,34?,35-,36+,37+,38+,39-,40-,41-,42+,43-,44+,45?,47?,48-,49+,50+,51+,52-,53-,55-,56+,57+/m0/s1. The number of carbonyl (C=O) groups is 2. The molecule has 15 N–H and O–H groups in total. The second kappa shape index (κ2) is 32.6. The summed E-state index contributed by atoms with van der Waals surface area (Å²) < 4.78 is 34.9. The highest BCUT2D eigenvalue weighted by atomic mass is 16.7. The molecule has 5 rings (SSSR count). The van der Waals surface area contributed by atoms with Crippen LogP contribution in [0.1, 0.15) is 79.1 Å². The molecule has 0 aromatic carbocycles. The van der Waals surface area contributed by atoms with Crippen molar-refractivity contribution in [2.45, 2.75) is 201 Å². The van der Waals surface area contributed by atoms with E-state index in [9.17, 15) is 81.1 Å². The molecule has 1 amide bonds. The first-order valence-electron chi connectivity index (χ1n) is 28.0. The summed E-state index contributed by atoms with van der Waals surface area (Å²) in [5.41, 5.74) is 0. The van der Waals surface area contributed by atoms with E-state index in [1.807, 2.05) is 13.0 Å². The maximum absolute atomic E-state index is 14.4. The fraction of sp³-hybridized carbons (Fsp3) is 0.719. The summed E-state index contributed by atoms with van der Waals surface area (Å²) in [4.78, 5) is 28.6. The largest absolute Gasteiger partial charge is 0.462 e. The minimum absolute atomic E-state index is 0.129. The van der Waals surface area contributed by atoms with E-state index in [0.29, 0.717) is 0 Å². The molecule has 460 valence electrons. The number of esters is 1. The Morgan fingerprint density at radius 3 is 1.89 bits per heavy atom. The summed E-state index contributed by atoms with van der Waals surface area (Å²) in [5, 5.41) is 157. The van der Waals surface area contributed by atoms with Gasteiger partial charge < -0.3 is 110 Å². The predicted octanol–water partition coefficient (Wildman–Crippen LogP) is -2.08. The van der Waals surface area contributed by atoms with Gasteiger partial charge in [-0.1, -0.05) is 98.9 Å². The maximum atomic E-state index is 14.4. The van der Waals surface area contributed by atoms with E-state index < -0.39 is 184 Å². The summed E-state index contributed by atoms with van der Waals surface area (Å²) in [7, 11) is 0. The highest BCUT2D eigenvalue weighted by molar-refractivity contribution is 5.80. The Bertz CT molecular complexity index is 2140. The third kappa shape index (κ3) is 20.5. The fourth-order valence-corrected chi connectivity index (χ4v) is 10.5. The van der Waals surface area contributed by atoms with Crippen molar-refractivity contribution in [3.63, 3.8) is 0 Å². The first kappa shape index (κ1) is 68.1. The number of nitrogens with zero attached hydrogens (tertiary/aromatic N) is 1. The summed E-state index contributed by atoms with van der Waals surface area (Å²) in [6, 6.07) is -1.34. The van der Waals surface area contributed by atoms with E-state index in [4.69, 9.17) is 28.4 Å². The Hall–Kier alpha value is -3.68. The van der Waals surface area contributed by atoms with Gasteiger partial charge in [0.1, 0.15) is 30.5 Å². The number of aliphatic hydroxyl groups excluding tert-OH is 12. The molecule has 81 heavy (non-hydrogen) atoms. The zero-order valence-electron chi connectivity index (χ0n) is 46.6. The first-order chi connectivity index (χ1) is 38.3. The van der Waals surface area contributed by atoms with Gasteiger partial charge in [0.15, 0.2) is 12.1 Å². The van der Waals surface area contributed by atoms with Gasteiger partial charge in [0.25, 0.3) is 0 Å². The van der Waals surface area contributed by atoms with Gasteiger partial charge >= 0.3 is 5.97 Å². The minimum atomic E-state index is -2.46. The van der Waals surface area contributed by atoms with Crippen molar-refractivity contribution in [1.29, 1.82) is 0 Å². The normalized spacial score (nSPS) is 45.8. The molecule has 0 spiro atoms. The van der Waals surface area contributed by atoms with Gasteiger partial charge in [-0.05, 0) is 33.1 Å². The van der Waals surface area contributed by atoms with Crippen LogP contribution >= 0.6 is 0 Å². The molecule has 5 aliphatic heterocycles. The lowest BCUT2D eigenvalue weighted by Crippen LogP contribution is -2.69. The van der Waals surface area contributed by atoms with Crippen LogP contribution in [0.15, 0.2) is 85.1 Å². The molecule has 2 bridgehead atoms. The highest BCUT2D eigenvalue weighted by Crippen LogP contribution is 2.39. The molecule has 23 atom stereocenters. The number of cyclic esters (lactones) is 1. The molecule has 3 unspecified atom stereocenters. The highest BCUT2D eigenvalue weighted by Gasteiger charge is 2.53.